The lowest BCUT2D eigenvalue weighted by Crippen LogP contribution is -2.16. The number of nitrogens with zero attached hydrogens (tertiary/aromatic N) is 2. The molecule has 0 radical (unpaired) electrons. The number of aromatic amines is 1. The second-order valence-electron chi connectivity index (χ2n) is 4.62. The van der Waals surface area contributed by atoms with Gasteiger partial charge in [0.15, 0.2) is 0 Å². The summed E-state index contributed by atoms with van der Waals surface area (Å²) in [4.78, 5) is 12.3. The van der Waals surface area contributed by atoms with Gasteiger partial charge in [-0.1, -0.05) is 0 Å². The van der Waals surface area contributed by atoms with Gasteiger partial charge in [-0.25, -0.2) is 4.68 Å². The van der Waals surface area contributed by atoms with E-state index < -0.39 is 0 Å². The number of rotatable bonds is 3. The Hall–Kier alpha value is -2.48. The Kier molecular flexibility index (Phi) is 2.64. The third-order valence-corrected chi connectivity index (χ3v) is 3.33. The van der Waals surface area contributed by atoms with Crippen molar-refractivity contribution in [3.8, 4) is 22.9 Å². The molecule has 0 bridgehead atoms. The molecule has 1 aromatic carbocycles. The minimum atomic E-state index is -0.0366. The van der Waals surface area contributed by atoms with E-state index in [9.17, 15) is 4.79 Å². The molecule has 0 saturated heterocycles. The normalized spacial score (nSPS) is 14.1. The first-order chi connectivity index (χ1) is 9.24. The summed E-state index contributed by atoms with van der Waals surface area (Å²) in [5, 5.41) is 11.9. The Bertz CT molecular complexity index is 717. The average Bonchev–Trinajstić information content (AvgIpc) is 3.21. The van der Waals surface area contributed by atoms with Crippen molar-refractivity contribution >= 4 is 0 Å². The highest BCUT2D eigenvalue weighted by Crippen LogP contribution is 2.34. The van der Waals surface area contributed by atoms with Crippen LogP contribution in [0.4, 0.5) is 0 Å². The smallest absolute Gasteiger partial charge is 0.274 e. The van der Waals surface area contributed by atoms with E-state index in [1.807, 2.05) is 0 Å². The number of hydrogen-bond donors (Lipinski definition) is 1. The highest BCUT2D eigenvalue weighted by atomic mass is 16.5. The lowest BCUT2D eigenvalue weighted by molar-refractivity contribution is 0.416. The summed E-state index contributed by atoms with van der Waals surface area (Å²) in [6, 6.07) is 7.45. The van der Waals surface area contributed by atoms with E-state index in [0.717, 1.165) is 12.8 Å². The number of benzene rings is 1. The molecule has 1 aliphatic carbocycles. The first kappa shape index (κ1) is 11.6. The van der Waals surface area contributed by atoms with Gasteiger partial charge >= 0.3 is 0 Å². The lowest BCUT2D eigenvalue weighted by atomic mass is 10.1. The van der Waals surface area contributed by atoms with E-state index in [-0.39, 0.29) is 5.56 Å². The van der Waals surface area contributed by atoms with Crippen LogP contribution in [0.15, 0.2) is 29.2 Å². The van der Waals surface area contributed by atoms with Gasteiger partial charge in [0.05, 0.1) is 30.3 Å². The fourth-order valence-corrected chi connectivity index (χ4v) is 2.16. The molecular formula is C14H13N3O2. The Labute approximate surface area is 110 Å². The van der Waals surface area contributed by atoms with Gasteiger partial charge in [-0.3, -0.25) is 4.79 Å². The van der Waals surface area contributed by atoms with Crippen LogP contribution in [0.1, 0.15) is 24.4 Å². The second kappa shape index (κ2) is 4.32. The monoisotopic (exact) mass is 255 g/mol. The van der Waals surface area contributed by atoms with Gasteiger partial charge in [-0.15, -0.1) is 0 Å². The predicted octanol–water partition coefficient (Wildman–Crippen LogP) is 2.06. The summed E-state index contributed by atoms with van der Waals surface area (Å²) in [6.07, 6.45) is 3.79. The van der Waals surface area contributed by atoms with Crippen LogP contribution < -0.4 is 10.3 Å². The predicted molar refractivity (Wildman–Crippen MR) is 70.0 cm³/mol. The molecular weight excluding hydrogens is 242 g/mol. The molecule has 3 rings (SSSR count). The molecule has 0 atom stereocenters. The molecule has 1 saturated carbocycles. The first-order valence-electron chi connectivity index (χ1n) is 6.13. The molecule has 5 nitrogen and oxygen atoms in total. The summed E-state index contributed by atoms with van der Waals surface area (Å²) in [7, 11) is 1.53. The van der Waals surface area contributed by atoms with E-state index in [1.54, 1.807) is 29.1 Å². The molecule has 1 heterocycles. The van der Waals surface area contributed by atoms with Gasteiger partial charge in [-0.05, 0) is 31.0 Å². The molecule has 1 aliphatic rings. The highest BCUT2D eigenvalue weighted by molar-refractivity contribution is 5.70. The van der Waals surface area contributed by atoms with Crippen LogP contribution in [0, 0.1) is 11.3 Å². The molecule has 96 valence electrons. The van der Waals surface area contributed by atoms with Gasteiger partial charge < -0.3 is 9.84 Å². The summed E-state index contributed by atoms with van der Waals surface area (Å²) < 4.78 is 6.93. The van der Waals surface area contributed by atoms with Crippen LogP contribution >= 0.6 is 0 Å². The van der Waals surface area contributed by atoms with Crippen molar-refractivity contribution < 1.29 is 4.74 Å². The largest absolute Gasteiger partial charge is 0.496 e. The van der Waals surface area contributed by atoms with Crippen LogP contribution in [-0.4, -0.2) is 16.9 Å². The van der Waals surface area contributed by atoms with E-state index in [0.29, 0.717) is 28.5 Å². The number of aromatic nitrogens is 2. The van der Waals surface area contributed by atoms with E-state index in [2.05, 4.69) is 11.2 Å². The SMILES string of the molecule is COc1cc(C#N)ccc1-c1c[nH]n(C2CC2)c1=O. The maximum absolute atomic E-state index is 12.3. The third kappa shape index (κ3) is 1.91. The van der Waals surface area contributed by atoms with Crippen LogP contribution in [0.5, 0.6) is 5.75 Å². The molecule has 1 fully saturated rings. The second-order valence-corrected chi connectivity index (χ2v) is 4.62. The zero-order valence-corrected chi connectivity index (χ0v) is 10.5. The summed E-state index contributed by atoms with van der Waals surface area (Å²) >= 11 is 0. The number of nitrogens with one attached hydrogen (secondary N) is 1. The molecule has 0 amide bonds. The minimum Gasteiger partial charge on any atom is -0.496 e. The fourth-order valence-electron chi connectivity index (χ4n) is 2.16. The van der Waals surface area contributed by atoms with Crippen LogP contribution in [0.25, 0.3) is 11.1 Å². The molecule has 2 aromatic rings. The Morgan fingerprint density at radius 1 is 1.42 bits per heavy atom. The van der Waals surface area contributed by atoms with E-state index in [1.165, 1.54) is 7.11 Å². The topological polar surface area (TPSA) is 70.8 Å². The van der Waals surface area contributed by atoms with E-state index in [4.69, 9.17) is 10.00 Å². The molecule has 0 aliphatic heterocycles. The average molecular weight is 255 g/mol. The zero-order chi connectivity index (χ0) is 13.4. The van der Waals surface area contributed by atoms with Crippen molar-refractivity contribution in [2.24, 2.45) is 0 Å². The van der Waals surface area contributed by atoms with Crippen molar-refractivity contribution in [1.82, 2.24) is 9.78 Å². The van der Waals surface area contributed by atoms with Crippen molar-refractivity contribution in [3.05, 3.63) is 40.3 Å². The quantitative estimate of drug-likeness (QED) is 0.912. The van der Waals surface area contributed by atoms with Crippen molar-refractivity contribution in [2.45, 2.75) is 18.9 Å². The molecule has 1 N–H and O–H groups in total. The molecule has 0 unspecified atom stereocenters. The van der Waals surface area contributed by atoms with Crippen molar-refractivity contribution in [3.63, 3.8) is 0 Å². The third-order valence-electron chi connectivity index (χ3n) is 3.33. The summed E-state index contributed by atoms with van der Waals surface area (Å²) in [6.45, 7) is 0. The Morgan fingerprint density at radius 3 is 2.84 bits per heavy atom. The number of methoxy groups -OCH3 is 1. The summed E-state index contributed by atoms with van der Waals surface area (Å²) in [5.41, 5.74) is 1.76. The molecule has 0 spiro atoms. The number of nitriles is 1. The molecule has 19 heavy (non-hydrogen) atoms. The highest BCUT2D eigenvalue weighted by Gasteiger charge is 2.27. The van der Waals surface area contributed by atoms with E-state index >= 15 is 0 Å². The summed E-state index contributed by atoms with van der Waals surface area (Å²) in [5.74, 6) is 0.540. The molecule has 1 aromatic heterocycles. The standard InChI is InChI=1S/C14H13N3O2/c1-19-13-6-9(7-15)2-5-11(13)12-8-16-17(14(12)18)10-3-4-10/h2,5-6,8,10,16H,3-4H2,1H3. The van der Waals surface area contributed by atoms with Crippen LogP contribution in [0.3, 0.4) is 0 Å². The Balaban J connectivity index is 2.11. The maximum atomic E-state index is 12.3. The fraction of sp³-hybridized carbons (Fsp3) is 0.286. The van der Waals surface area contributed by atoms with Crippen molar-refractivity contribution in [1.29, 1.82) is 5.26 Å². The number of H-pyrrole nitrogens is 1. The van der Waals surface area contributed by atoms with Crippen LogP contribution in [0.2, 0.25) is 0 Å². The minimum absolute atomic E-state index is 0.0366. The first-order valence-corrected chi connectivity index (χ1v) is 6.13. The van der Waals surface area contributed by atoms with Gasteiger partial charge in [0.2, 0.25) is 0 Å². The maximum Gasteiger partial charge on any atom is 0.274 e. The van der Waals surface area contributed by atoms with Gasteiger partial charge in [0, 0.05) is 11.8 Å². The van der Waals surface area contributed by atoms with Gasteiger partial charge in [-0.2, -0.15) is 5.26 Å². The number of ether oxygens (including phenoxy) is 1. The zero-order valence-electron chi connectivity index (χ0n) is 10.5. The van der Waals surface area contributed by atoms with Crippen molar-refractivity contribution in [2.75, 3.05) is 7.11 Å². The lowest BCUT2D eigenvalue weighted by Gasteiger charge is -2.06. The Morgan fingerprint density at radius 2 is 2.21 bits per heavy atom. The number of hydrogen-bond acceptors (Lipinski definition) is 3. The van der Waals surface area contributed by atoms with Crippen LogP contribution in [-0.2, 0) is 0 Å². The molecule has 5 heteroatoms. The van der Waals surface area contributed by atoms with Gasteiger partial charge in [0.25, 0.3) is 5.56 Å². The van der Waals surface area contributed by atoms with Gasteiger partial charge in [0.1, 0.15) is 5.75 Å².